The van der Waals surface area contributed by atoms with E-state index in [1.54, 1.807) is 0 Å². The Morgan fingerprint density at radius 1 is 1.24 bits per heavy atom. The fraction of sp³-hybridized carbons (Fsp3) is 0.500. The van der Waals surface area contributed by atoms with E-state index in [1.807, 2.05) is 12.1 Å². The maximum absolute atomic E-state index is 5.83. The molecule has 2 rings (SSSR count). The second-order valence-electron chi connectivity index (χ2n) is 4.05. The summed E-state index contributed by atoms with van der Waals surface area (Å²) in [5.74, 6) is 0. The molecule has 0 radical (unpaired) electrons. The third-order valence-corrected chi connectivity index (χ3v) is 3.06. The molecule has 2 N–H and O–H groups in total. The van der Waals surface area contributed by atoms with Gasteiger partial charge in [-0.15, -0.1) is 24.8 Å². The van der Waals surface area contributed by atoms with E-state index in [9.17, 15) is 0 Å². The number of rotatable bonds is 3. The third-order valence-electron chi connectivity index (χ3n) is 2.80. The van der Waals surface area contributed by atoms with E-state index in [1.165, 1.54) is 24.9 Å². The minimum absolute atomic E-state index is 0. The van der Waals surface area contributed by atoms with Crippen molar-refractivity contribution in [3.05, 3.63) is 34.9 Å². The fourth-order valence-electron chi connectivity index (χ4n) is 1.89. The molecule has 1 aromatic carbocycles. The molecule has 2 nitrogen and oxygen atoms in total. The Bertz CT molecular complexity index is 297. The molecule has 0 amide bonds. The summed E-state index contributed by atoms with van der Waals surface area (Å²) in [6, 6.07) is 8.65. The SMILES string of the molecule is Cl.Cl.Clc1ccc(CNC2CCCNC2)cc1. The van der Waals surface area contributed by atoms with E-state index in [4.69, 9.17) is 11.6 Å². The summed E-state index contributed by atoms with van der Waals surface area (Å²) in [5.41, 5.74) is 1.30. The second-order valence-corrected chi connectivity index (χ2v) is 4.49. The first-order chi connectivity index (χ1) is 7.34. The Labute approximate surface area is 120 Å². The molecule has 0 bridgehead atoms. The van der Waals surface area contributed by atoms with Gasteiger partial charge in [0, 0.05) is 24.2 Å². The predicted molar refractivity (Wildman–Crippen MR) is 78.7 cm³/mol. The molecular formula is C12H19Cl3N2. The number of hydrogen-bond acceptors (Lipinski definition) is 2. The monoisotopic (exact) mass is 296 g/mol. The van der Waals surface area contributed by atoms with Gasteiger partial charge in [0.25, 0.3) is 0 Å². The highest BCUT2D eigenvalue weighted by Crippen LogP contribution is 2.10. The molecule has 1 aliphatic rings. The number of benzene rings is 1. The van der Waals surface area contributed by atoms with Crippen LogP contribution in [0.3, 0.4) is 0 Å². The normalized spacial score (nSPS) is 19.0. The number of piperidine rings is 1. The average molecular weight is 298 g/mol. The molecule has 0 aliphatic carbocycles. The molecule has 1 aliphatic heterocycles. The predicted octanol–water partition coefficient (Wildman–Crippen LogP) is 3.03. The first-order valence-electron chi connectivity index (χ1n) is 5.53. The highest BCUT2D eigenvalue weighted by atomic mass is 35.5. The van der Waals surface area contributed by atoms with Gasteiger partial charge in [0.15, 0.2) is 0 Å². The van der Waals surface area contributed by atoms with E-state index in [0.29, 0.717) is 6.04 Å². The van der Waals surface area contributed by atoms with Crippen LogP contribution in [0.5, 0.6) is 0 Å². The summed E-state index contributed by atoms with van der Waals surface area (Å²) in [7, 11) is 0. The van der Waals surface area contributed by atoms with Crippen molar-refractivity contribution in [3.8, 4) is 0 Å². The molecule has 5 heteroatoms. The van der Waals surface area contributed by atoms with E-state index < -0.39 is 0 Å². The van der Waals surface area contributed by atoms with Crippen molar-refractivity contribution in [1.29, 1.82) is 0 Å². The maximum atomic E-state index is 5.83. The molecular weight excluding hydrogens is 279 g/mol. The summed E-state index contributed by atoms with van der Waals surface area (Å²) in [6.45, 7) is 3.19. The highest BCUT2D eigenvalue weighted by Gasteiger charge is 2.11. The lowest BCUT2D eigenvalue weighted by atomic mass is 10.1. The summed E-state index contributed by atoms with van der Waals surface area (Å²) in [5, 5.41) is 7.75. The maximum Gasteiger partial charge on any atom is 0.0406 e. The van der Waals surface area contributed by atoms with Crippen molar-refractivity contribution in [2.75, 3.05) is 13.1 Å². The molecule has 1 aromatic rings. The van der Waals surface area contributed by atoms with Crippen molar-refractivity contribution in [1.82, 2.24) is 10.6 Å². The zero-order chi connectivity index (χ0) is 10.5. The van der Waals surface area contributed by atoms with Crippen LogP contribution in [0.4, 0.5) is 0 Å². The minimum Gasteiger partial charge on any atom is -0.315 e. The smallest absolute Gasteiger partial charge is 0.0406 e. The van der Waals surface area contributed by atoms with Gasteiger partial charge in [-0.3, -0.25) is 0 Å². The quantitative estimate of drug-likeness (QED) is 0.896. The van der Waals surface area contributed by atoms with Crippen LogP contribution in [-0.4, -0.2) is 19.1 Å². The van der Waals surface area contributed by atoms with Crippen LogP contribution in [0.2, 0.25) is 5.02 Å². The van der Waals surface area contributed by atoms with Crippen LogP contribution >= 0.6 is 36.4 Å². The van der Waals surface area contributed by atoms with Crippen LogP contribution in [0, 0.1) is 0 Å². The van der Waals surface area contributed by atoms with Crippen LogP contribution in [-0.2, 0) is 6.54 Å². The fourth-order valence-corrected chi connectivity index (χ4v) is 2.02. The zero-order valence-electron chi connectivity index (χ0n) is 9.62. The van der Waals surface area contributed by atoms with E-state index in [0.717, 1.165) is 18.1 Å². The Kier molecular flexibility index (Phi) is 9.01. The highest BCUT2D eigenvalue weighted by molar-refractivity contribution is 6.30. The second kappa shape index (κ2) is 9.01. The summed E-state index contributed by atoms with van der Waals surface area (Å²) < 4.78 is 0. The molecule has 1 heterocycles. The lowest BCUT2D eigenvalue weighted by Gasteiger charge is -2.23. The third kappa shape index (κ3) is 5.94. The number of hydrogen-bond donors (Lipinski definition) is 2. The first kappa shape index (κ1) is 17.0. The minimum atomic E-state index is 0. The van der Waals surface area contributed by atoms with E-state index in [2.05, 4.69) is 22.8 Å². The van der Waals surface area contributed by atoms with Gasteiger partial charge in [-0.25, -0.2) is 0 Å². The van der Waals surface area contributed by atoms with Crippen molar-refractivity contribution < 1.29 is 0 Å². The topological polar surface area (TPSA) is 24.1 Å². The van der Waals surface area contributed by atoms with Crippen LogP contribution in [0.1, 0.15) is 18.4 Å². The van der Waals surface area contributed by atoms with Crippen LogP contribution in [0.25, 0.3) is 0 Å². The Morgan fingerprint density at radius 3 is 2.53 bits per heavy atom. The Hall–Kier alpha value is 0.01000. The molecule has 1 fully saturated rings. The first-order valence-corrected chi connectivity index (χ1v) is 5.91. The van der Waals surface area contributed by atoms with Crippen molar-refractivity contribution in [3.63, 3.8) is 0 Å². The molecule has 0 aromatic heterocycles. The van der Waals surface area contributed by atoms with Gasteiger partial charge < -0.3 is 10.6 Å². The number of halogens is 3. The molecule has 0 saturated carbocycles. The lowest BCUT2D eigenvalue weighted by Crippen LogP contribution is -2.42. The van der Waals surface area contributed by atoms with Gasteiger partial charge in [0.2, 0.25) is 0 Å². The average Bonchev–Trinajstić information content (AvgIpc) is 2.30. The van der Waals surface area contributed by atoms with Crippen molar-refractivity contribution in [2.24, 2.45) is 0 Å². The van der Waals surface area contributed by atoms with Crippen LogP contribution in [0.15, 0.2) is 24.3 Å². The lowest BCUT2D eigenvalue weighted by molar-refractivity contribution is 0.389. The Morgan fingerprint density at radius 2 is 1.94 bits per heavy atom. The van der Waals surface area contributed by atoms with Gasteiger partial charge in [0.05, 0.1) is 0 Å². The van der Waals surface area contributed by atoms with Gasteiger partial charge >= 0.3 is 0 Å². The summed E-state index contributed by atoms with van der Waals surface area (Å²) in [6.07, 6.45) is 2.55. The molecule has 1 atom stereocenters. The van der Waals surface area contributed by atoms with E-state index in [-0.39, 0.29) is 24.8 Å². The molecule has 98 valence electrons. The standard InChI is InChI=1S/C12H17ClN2.2ClH/c13-11-5-3-10(4-6-11)8-15-12-2-1-7-14-9-12;;/h3-6,12,14-15H,1-2,7-9H2;2*1H. The Balaban J connectivity index is 0.00000128. The molecule has 1 unspecified atom stereocenters. The summed E-state index contributed by atoms with van der Waals surface area (Å²) in [4.78, 5) is 0. The van der Waals surface area contributed by atoms with Crippen LogP contribution < -0.4 is 10.6 Å². The molecule has 17 heavy (non-hydrogen) atoms. The molecule has 0 spiro atoms. The van der Waals surface area contributed by atoms with Gasteiger partial charge in [-0.05, 0) is 37.1 Å². The van der Waals surface area contributed by atoms with Gasteiger partial charge in [0.1, 0.15) is 0 Å². The number of nitrogens with one attached hydrogen (secondary N) is 2. The van der Waals surface area contributed by atoms with Crippen molar-refractivity contribution in [2.45, 2.75) is 25.4 Å². The van der Waals surface area contributed by atoms with Gasteiger partial charge in [-0.1, -0.05) is 23.7 Å². The van der Waals surface area contributed by atoms with E-state index >= 15 is 0 Å². The van der Waals surface area contributed by atoms with Crippen molar-refractivity contribution >= 4 is 36.4 Å². The largest absolute Gasteiger partial charge is 0.315 e. The molecule has 1 saturated heterocycles. The zero-order valence-corrected chi connectivity index (χ0v) is 12.0. The summed E-state index contributed by atoms with van der Waals surface area (Å²) >= 11 is 5.83. The van der Waals surface area contributed by atoms with Gasteiger partial charge in [-0.2, -0.15) is 0 Å².